The van der Waals surface area contributed by atoms with Crippen molar-refractivity contribution in [2.45, 2.75) is 26.3 Å². The molecule has 0 fully saturated rings. The molecule has 0 unspecified atom stereocenters. The number of anilines is 2. The number of hydrogen-bond donors (Lipinski definition) is 1. The van der Waals surface area contributed by atoms with Crippen molar-refractivity contribution in [2.24, 2.45) is 5.10 Å². The van der Waals surface area contributed by atoms with Gasteiger partial charge in [-0.3, -0.25) is 5.43 Å². The Labute approximate surface area is 142 Å². The van der Waals surface area contributed by atoms with E-state index in [0.717, 1.165) is 22.5 Å². The Kier molecular flexibility index (Phi) is 4.14. The highest BCUT2D eigenvalue weighted by molar-refractivity contribution is 5.88. The normalized spacial score (nSPS) is 16.0. The van der Waals surface area contributed by atoms with Gasteiger partial charge >= 0.3 is 0 Å². The molecule has 1 N–H and O–H groups in total. The van der Waals surface area contributed by atoms with Gasteiger partial charge in [-0.15, -0.1) is 0 Å². The largest absolute Gasteiger partial charge is 0.365 e. The Morgan fingerprint density at radius 1 is 1.17 bits per heavy atom. The summed E-state index contributed by atoms with van der Waals surface area (Å²) in [4.78, 5) is 2.10. The van der Waals surface area contributed by atoms with Crippen molar-refractivity contribution in [3.8, 4) is 0 Å². The average Bonchev–Trinajstić information content (AvgIpc) is 2.54. The Balaban J connectivity index is 1.91. The molecule has 0 radical (unpaired) electrons. The lowest BCUT2D eigenvalue weighted by atomic mass is 9.88. The minimum absolute atomic E-state index is 0.131. The first kappa shape index (κ1) is 16.2. The Morgan fingerprint density at radius 3 is 2.58 bits per heavy atom. The van der Waals surface area contributed by atoms with Crippen LogP contribution in [0.5, 0.6) is 0 Å². The van der Waals surface area contributed by atoms with Crippen LogP contribution in [-0.4, -0.2) is 18.8 Å². The summed E-state index contributed by atoms with van der Waals surface area (Å²) in [6, 6.07) is 13.0. The molecule has 0 spiro atoms. The zero-order chi connectivity index (χ0) is 17.3. The molecule has 0 saturated heterocycles. The lowest BCUT2D eigenvalue weighted by Crippen LogP contribution is -2.42. The van der Waals surface area contributed by atoms with Crippen molar-refractivity contribution in [3.05, 3.63) is 65.5 Å². The lowest BCUT2D eigenvalue weighted by molar-refractivity contribution is 0.589. The number of nitrogens with zero attached hydrogens (tertiary/aromatic N) is 2. The van der Waals surface area contributed by atoms with E-state index < -0.39 is 0 Å². The van der Waals surface area contributed by atoms with Crippen molar-refractivity contribution in [3.63, 3.8) is 0 Å². The van der Waals surface area contributed by atoms with Crippen LogP contribution in [0.3, 0.4) is 0 Å². The van der Waals surface area contributed by atoms with Crippen LogP contribution in [0, 0.1) is 5.82 Å². The van der Waals surface area contributed by atoms with E-state index in [-0.39, 0.29) is 11.4 Å². The van der Waals surface area contributed by atoms with Crippen molar-refractivity contribution in [1.29, 1.82) is 0 Å². The average molecular weight is 323 g/mol. The monoisotopic (exact) mass is 323 g/mol. The van der Waals surface area contributed by atoms with E-state index in [1.54, 1.807) is 6.07 Å². The van der Waals surface area contributed by atoms with Crippen molar-refractivity contribution in [1.82, 2.24) is 0 Å². The molecule has 0 saturated carbocycles. The van der Waals surface area contributed by atoms with Crippen molar-refractivity contribution in [2.75, 3.05) is 17.4 Å². The SMILES string of the molecule is CC1=CC(C)(C)N(C)c2cc(F)c(/C=N\Nc3ccccc3)cc21. The second-order valence-corrected chi connectivity index (χ2v) is 6.67. The van der Waals surface area contributed by atoms with Crippen molar-refractivity contribution < 1.29 is 4.39 Å². The lowest BCUT2D eigenvalue weighted by Gasteiger charge is -2.40. The van der Waals surface area contributed by atoms with E-state index in [9.17, 15) is 4.39 Å². The van der Waals surface area contributed by atoms with Gasteiger partial charge in [-0.05, 0) is 50.6 Å². The summed E-state index contributed by atoms with van der Waals surface area (Å²) in [6.45, 7) is 6.31. The van der Waals surface area contributed by atoms with E-state index >= 15 is 0 Å². The third-order valence-electron chi connectivity index (χ3n) is 4.51. The molecule has 24 heavy (non-hydrogen) atoms. The predicted octanol–water partition coefficient (Wildman–Crippen LogP) is 4.90. The van der Waals surface area contributed by atoms with E-state index in [1.165, 1.54) is 6.21 Å². The molecular weight excluding hydrogens is 301 g/mol. The first-order valence-corrected chi connectivity index (χ1v) is 8.00. The Bertz CT molecular complexity index is 807. The molecule has 1 heterocycles. The molecule has 4 heteroatoms. The van der Waals surface area contributed by atoms with E-state index in [2.05, 4.69) is 42.3 Å². The second kappa shape index (κ2) is 6.11. The van der Waals surface area contributed by atoms with E-state index in [0.29, 0.717) is 5.56 Å². The number of para-hydroxylation sites is 1. The van der Waals surface area contributed by atoms with Crippen LogP contribution in [0.1, 0.15) is 31.9 Å². The quantitative estimate of drug-likeness (QED) is 0.642. The van der Waals surface area contributed by atoms with Gasteiger partial charge in [0.2, 0.25) is 0 Å². The number of allylic oxidation sites excluding steroid dienone is 1. The van der Waals surface area contributed by atoms with Gasteiger partial charge in [0.1, 0.15) is 5.82 Å². The summed E-state index contributed by atoms with van der Waals surface area (Å²) in [5.41, 5.74) is 7.22. The maximum absolute atomic E-state index is 14.5. The maximum atomic E-state index is 14.5. The van der Waals surface area contributed by atoms with Gasteiger partial charge < -0.3 is 4.90 Å². The number of fused-ring (bicyclic) bond motifs is 1. The van der Waals surface area contributed by atoms with Gasteiger partial charge in [-0.1, -0.05) is 24.3 Å². The van der Waals surface area contributed by atoms with Gasteiger partial charge in [-0.2, -0.15) is 5.10 Å². The molecule has 3 nitrogen and oxygen atoms in total. The highest BCUT2D eigenvalue weighted by Gasteiger charge is 2.29. The predicted molar refractivity (Wildman–Crippen MR) is 100 cm³/mol. The summed E-state index contributed by atoms with van der Waals surface area (Å²) in [5.74, 6) is -0.273. The summed E-state index contributed by atoms with van der Waals surface area (Å²) >= 11 is 0. The molecular formula is C20H22FN3. The van der Waals surface area contributed by atoms with Gasteiger partial charge in [0.15, 0.2) is 0 Å². The molecule has 0 aliphatic carbocycles. The van der Waals surface area contributed by atoms with Crippen molar-refractivity contribution >= 4 is 23.2 Å². The minimum Gasteiger partial charge on any atom is -0.365 e. The summed E-state index contributed by atoms with van der Waals surface area (Å²) in [6.07, 6.45) is 3.73. The summed E-state index contributed by atoms with van der Waals surface area (Å²) in [5, 5.41) is 4.15. The molecule has 124 valence electrons. The zero-order valence-corrected chi connectivity index (χ0v) is 14.5. The number of nitrogens with one attached hydrogen (secondary N) is 1. The van der Waals surface area contributed by atoms with Crippen LogP contribution in [-0.2, 0) is 0 Å². The third kappa shape index (κ3) is 3.04. The Morgan fingerprint density at radius 2 is 1.88 bits per heavy atom. The molecule has 2 aromatic carbocycles. The zero-order valence-electron chi connectivity index (χ0n) is 14.5. The number of halogens is 1. The Hall–Kier alpha value is -2.62. The van der Waals surface area contributed by atoms with E-state index in [4.69, 9.17) is 0 Å². The van der Waals surface area contributed by atoms with Crippen LogP contribution in [0.15, 0.2) is 53.6 Å². The molecule has 3 rings (SSSR count). The first-order valence-electron chi connectivity index (χ1n) is 8.00. The van der Waals surface area contributed by atoms with Gasteiger partial charge in [-0.25, -0.2) is 4.39 Å². The van der Waals surface area contributed by atoms with Gasteiger partial charge in [0.25, 0.3) is 0 Å². The molecule has 2 aromatic rings. The highest BCUT2D eigenvalue weighted by atomic mass is 19.1. The van der Waals surface area contributed by atoms with E-state index in [1.807, 2.05) is 43.4 Å². The molecule has 0 amide bonds. The highest BCUT2D eigenvalue weighted by Crippen LogP contribution is 2.38. The fraction of sp³-hybridized carbons (Fsp3) is 0.250. The number of rotatable bonds is 3. The first-order chi connectivity index (χ1) is 11.4. The standard InChI is InChI=1S/C20H22FN3/c1-14-12-20(2,3)24(4)19-11-18(21)15(10-17(14)19)13-22-23-16-8-6-5-7-9-16/h5-13,23H,1-4H3/b22-13-. The molecule has 0 bridgehead atoms. The van der Waals surface area contributed by atoms with Crippen LogP contribution in [0.4, 0.5) is 15.8 Å². The summed E-state index contributed by atoms with van der Waals surface area (Å²) < 4.78 is 14.5. The fourth-order valence-electron chi connectivity index (χ4n) is 2.98. The topological polar surface area (TPSA) is 27.6 Å². The minimum atomic E-state index is -0.273. The number of hydrogen-bond acceptors (Lipinski definition) is 3. The number of benzene rings is 2. The van der Waals surface area contributed by atoms with Crippen LogP contribution in [0.25, 0.3) is 5.57 Å². The van der Waals surface area contributed by atoms with Gasteiger partial charge in [0, 0.05) is 23.9 Å². The van der Waals surface area contributed by atoms with Crippen LogP contribution >= 0.6 is 0 Å². The maximum Gasteiger partial charge on any atom is 0.134 e. The number of likely N-dealkylation sites (N-methyl/N-ethyl adjacent to an activating group) is 1. The molecule has 0 atom stereocenters. The fourth-order valence-corrected chi connectivity index (χ4v) is 2.98. The van der Waals surface area contributed by atoms with Gasteiger partial charge in [0.05, 0.1) is 17.4 Å². The third-order valence-corrected chi connectivity index (χ3v) is 4.51. The number of hydrazone groups is 1. The molecule has 1 aliphatic rings. The van der Waals surface area contributed by atoms with Crippen LogP contribution in [0.2, 0.25) is 0 Å². The smallest absolute Gasteiger partial charge is 0.134 e. The molecule has 1 aliphatic heterocycles. The summed E-state index contributed by atoms with van der Waals surface area (Å²) in [7, 11) is 1.99. The second-order valence-electron chi connectivity index (χ2n) is 6.67. The molecule has 0 aromatic heterocycles. The van der Waals surface area contributed by atoms with Crippen LogP contribution < -0.4 is 10.3 Å².